The Balaban J connectivity index is 2.98. The minimum Gasteiger partial charge on any atom is -0.281 e. The maximum atomic E-state index is 11.6. The first-order chi connectivity index (χ1) is 7.36. The second kappa shape index (κ2) is 4.80. The molecule has 0 saturated heterocycles. The predicted octanol–water partition coefficient (Wildman–Crippen LogP) is 1.81. The Morgan fingerprint density at radius 1 is 1.62 bits per heavy atom. The molecule has 86 valence electrons. The molecule has 0 aromatic carbocycles. The van der Waals surface area contributed by atoms with Gasteiger partial charge < -0.3 is 0 Å². The normalized spacial score (nSPS) is 12.9. The quantitative estimate of drug-likeness (QED) is 0.863. The molecule has 0 radical (unpaired) electrons. The number of aromatic nitrogens is 1. The summed E-state index contributed by atoms with van der Waals surface area (Å²) < 4.78 is 26.1. The average Bonchev–Trinajstić information content (AvgIpc) is 2.22. The van der Waals surface area contributed by atoms with E-state index in [0.717, 1.165) is 5.56 Å². The van der Waals surface area contributed by atoms with E-state index in [-0.39, 0.29) is 0 Å². The molecule has 1 aromatic heterocycles. The number of hydrogen-bond donors (Lipinski definition) is 1. The number of anilines is 1. The molecule has 0 saturated carbocycles. The van der Waals surface area contributed by atoms with Crippen molar-refractivity contribution in [3.63, 3.8) is 0 Å². The van der Waals surface area contributed by atoms with Crippen LogP contribution in [0, 0.1) is 18.3 Å². The SMILES string of the molecule is Cc1cc(NS(=O)(=O)C(C)C#N)cnc1Br. The van der Waals surface area contributed by atoms with E-state index >= 15 is 0 Å². The molecule has 5 nitrogen and oxygen atoms in total. The maximum Gasteiger partial charge on any atom is 0.248 e. The van der Waals surface area contributed by atoms with E-state index in [0.29, 0.717) is 10.3 Å². The zero-order valence-electron chi connectivity index (χ0n) is 8.73. The average molecular weight is 304 g/mol. The Kier molecular flexibility index (Phi) is 3.88. The van der Waals surface area contributed by atoms with Gasteiger partial charge in [0.25, 0.3) is 0 Å². The van der Waals surface area contributed by atoms with Gasteiger partial charge in [-0.25, -0.2) is 13.4 Å². The Morgan fingerprint density at radius 3 is 2.75 bits per heavy atom. The third kappa shape index (κ3) is 2.93. The van der Waals surface area contributed by atoms with Crippen molar-refractivity contribution in [2.75, 3.05) is 4.72 Å². The van der Waals surface area contributed by atoms with Crippen LogP contribution < -0.4 is 4.72 Å². The smallest absolute Gasteiger partial charge is 0.248 e. The van der Waals surface area contributed by atoms with Gasteiger partial charge in [-0.05, 0) is 41.4 Å². The lowest BCUT2D eigenvalue weighted by atomic mass is 10.3. The van der Waals surface area contributed by atoms with Crippen molar-refractivity contribution in [1.29, 1.82) is 5.26 Å². The molecule has 0 aliphatic heterocycles. The van der Waals surface area contributed by atoms with Crippen molar-refractivity contribution in [3.05, 3.63) is 22.4 Å². The lowest BCUT2D eigenvalue weighted by Gasteiger charge is -2.09. The van der Waals surface area contributed by atoms with Crippen molar-refractivity contribution in [1.82, 2.24) is 4.98 Å². The van der Waals surface area contributed by atoms with E-state index in [1.165, 1.54) is 13.1 Å². The summed E-state index contributed by atoms with van der Waals surface area (Å²) in [6.07, 6.45) is 1.39. The van der Waals surface area contributed by atoms with Crippen LogP contribution in [-0.2, 0) is 10.0 Å². The number of nitrogens with one attached hydrogen (secondary N) is 1. The molecule has 16 heavy (non-hydrogen) atoms. The molecule has 0 fully saturated rings. The Bertz CT molecular complexity index is 536. The second-order valence-electron chi connectivity index (χ2n) is 3.25. The summed E-state index contributed by atoms with van der Waals surface area (Å²) in [6, 6.07) is 3.31. The Hall–Kier alpha value is -1.13. The molecule has 0 amide bonds. The highest BCUT2D eigenvalue weighted by atomic mass is 79.9. The summed E-state index contributed by atoms with van der Waals surface area (Å²) in [7, 11) is -3.66. The van der Waals surface area contributed by atoms with Crippen molar-refractivity contribution in [2.45, 2.75) is 19.1 Å². The van der Waals surface area contributed by atoms with Crippen molar-refractivity contribution in [3.8, 4) is 6.07 Å². The summed E-state index contributed by atoms with van der Waals surface area (Å²) >= 11 is 3.21. The van der Waals surface area contributed by atoms with Crippen LogP contribution in [0.5, 0.6) is 0 Å². The number of rotatable bonds is 3. The molecule has 1 aromatic rings. The minimum atomic E-state index is -3.66. The fraction of sp³-hybridized carbons (Fsp3) is 0.333. The highest BCUT2D eigenvalue weighted by Gasteiger charge is 2.20. The van der Waals surface area contributed by atoms with Gasteiger partial charge in [0.1, 0.15) is 4.60 Å². The van der Waals surface area contributed by atoms with E-state index in [2.05, 4.69) is 25.6 Å². The molecule has 1 N–H and O–H groups in total. The molecule has 7 heteroatoms. The fourth-order valence-corrected chi connectivity index (χ4v) is 1.91. The molecule has 0 bridgehead atoms. The number of nitrogens with zero attached hydrogens (tertiary/aromatic N) is 2. The number of aryl methyl sites for hydroxylation is 1. The molecular formula is C9H10BrN3O2S. The van der Waals surface area contributed by atoms with Gasteiger partial charge in [0.2, 0.25) is 10.0 Å². The highest BCUT2D eigenvalue weighted by Crippen LogP contribution is 2.18. The Morgan fingerprint density at radius 2 is 2.25 bits per heavy atom. The molecule has 1 rings (SSSR count). The standard InChI is InChI=1S/C9H10BrN3O2S/c1-6-3-8(5-12-9(6)10)13-16(14,15)7(2)4-11/h3,5,7,13H,1-2H3. The largest absolute Gasteiger partial charge is 0.281 e. The summed E-state index contributed by atoms with van der Waals surface area (Å²) in [4.78, 5) is 3.95. The molecule has 1 heterocycles. The van der Waals surface area contributed by atoms with Gasteiger partial charge in [0.15, 0.2) is 5.25 Å². The first-order valence-corrected chi connectivity index (χ1v) is 6.74. The van der Waals surface area contributed by atoms with Crippen LogP contribution in [0.2, 0.25) is 0 Å². The number of nitriles is 1. The third-order valence-electron chi connectivity index (χ3n) is 1.92. The van der Waals surface area contributed by atoms with E-state index in [1.807, 2.05) is 0 Å². The van der Waals surface area contributed by atoms with Crippen LogP contribution in [-0.4, -0.2) is 18.7 Å². The summed E-state index contributed by atoms with van der Waals surface area (Å²) in [5.74, 6) is 0. The van der Waals surface area contributed by atoms with Crippen LogP contribution in [0.15, 0.2) is 16.9 Å². The van der Waals surface area contributed by atoms with Crippen LogP contribution >= 0.6 is 15.9 Å². The van der Waals surface area contributed by atoms with E-state index in [1.54, 1.807) is 19.1 Å². The minimum absolute atomic E-state index is 0.350. The zero-order chi connectivity index (χ0) is 12.3. The molecule has 0 aliphatic carbocycles. The third-order valence-corrected chi connectivity index (χ3v) is 4.31. The van der Waals surface area contributed by atoms with Crippen molar-refractivity contribution >= 4 is 31.6 Å². The van der Waals surface area contributed by atoms with E-state index in [4.69, 9.17) is 5.26 Å². The van der Waals surface area contributed by atoms with Gasteiger partial charge in [0.05, 0.1) is 18.0 Å². The monoisotopic (exact) mass is 303 g/mol. The Labute approximate surface area is 103 Å². The van der Waals surface area contributed by atoms with E-state index < -0.39 is 15.3 Å². The molecule has 1 unspecified atom stereocenters. The van der Waals surface area contributed by atoms with Crippen LogP contribution in [0.1, 0.15) is 12.5 Å². The zero-order valence-corrected chi connectivity index (χ0v) is 11.1. The molecular weight excluding hydrogens is 294 g/mol. The summed E-state index contributed by atoms with van der Waals surface area (Å²) in [6.45, 7) is 3.12. The molecule has 0 aliphatic rings. The van der Waals surface area contributed by atoms with Crippen molar-refractivity contribution in [2.24, 2.45) is 0 Å². The van der Waals surface area contributed by atoms with E-state index in [9.17, 15) is 8.42 Å². The number of hydrogen-bond acceptors (Lipinski definition) is 4. The summed E-state index contributed by atoms with van der Waals surface area (Å²) in [5, 5.41) is 7.45. The number of sulfonamides is 1. The first-order valence-electron chi connectivity index (χ1n) is 4.40. The van der Waals surface area contributed by atoms with Crippen molar-refractivity contribution < 1.29 is 8.42 Å². The van der Waals surface area contributed by atoms with Crippen LogP contribution in [0.25, 0.3) is 0 Å². The van der Waals surface area contributed by atoms with Gasteiger partial charge in [-0.3, -0.25) is 4.72 Å². The van der Waals surface area contributed by atoms with Gasteiger partial charge >= 0.3 is 0 Å². The van der Waals surface area contributed by atoms with Gasteiger partial charge in [-0.2, -0.15) is 5.26 Å². The lowest BCUT2D eigenvalue weighted by molar-refractivity contribution is 0.597. The first kappa shape index (κ1) is 12.9. The van der Waals surface area contributed by atoms with Gasteiger partial charge in [-0.15, -0.1) is 0 Å². The highest BCUT2D eigenvalue weighted by molar-refractivity contribution is 9.10. The maximum absolute atomic E-state index is 11.6. The second-order valence-corrected chi connectivity index (χ2v) is 6.00. The van der Waals surface area contributed by atoms with Crippen LogP contribution in [0.3, 0.4) is 0 Å². The predicted molar refractivity (Wildman–Crippen MR) is 64.3 cm³/mol. The fourth-order valence-electron chi connectivity index (χ4n) is 0.936. The van der Waals surface area contributed by atoms with Crippen LogP contribution in [0.4, 0.5) is 5.69 Å². The number of halogens is 1. The lowest BCUT2D eigenvalue weighted by Crippen LogP contribution is -2.23. The topological polar surface area (TPSA) is 82.9 Å². The van der Waals surface area contributed by atoms with Gasteiger partial charge in [-0.1, -0.05) is 0 Å². The summed E-state index contributed by atoms with van der Waals surface area (Å²) in [5.41, 5.74) is 1.16. The van der Waals surface area contributed by atoms with Gasteiger partial charge in [0, 0.05) is 0 Å². The number of pyridine rings is 1. The molecule has 0 spiro atoms. The molecule has 1 atom stereocenters.